The van der Waals surface area contributed by atoms with Gasteiger partial charge >= 0.3 is 5.69 Å². The average molecular weight is 421 g/mol. The summed E-state index contributed by atoms with van der Waals surface area (Å²) in [6.07, 6.45) is 1.27. The van der Waals surface area contributed by atoms with Crippen molar-refractivity contribution in [2.75, 3.05) is 10.6 Å². The van der Waals surface area contributed by atoms with E-state index in [1.807, 2.05) is 38.1 Å². The number of hydrogen-bond acceptors (Lipinski definition) is 7. The second-order valence-corrected chi connectivity index (χ2v) is 7.15. The van der Waals surface area contributed by atoms with Gasteiger partial charge in [-0.2, -0.15) is 0 Å². The first-order chi connectivity index (χ1) is 14.4. The van der Waals surface area contributed by atoms with Crippen LogP contribution in [-0.4, -0.2) is 19.9 Å². The Hall–Kier alpha value is -3.78. The number of pyridine rings is 1. The van der Waals surface area contributed by atoms with Crippen molar-refractivity contribution in [3.8, 4) is 0 Å². The predicted octanol–water partition coefficient (Wildman–Crippen LogP) is 5.69. The monoisotopic (exact) mass is 420 g/mol. The molecule has 2 aromatic carbocycles. The zero-order valence-electron chi connectivity index (χ0n) is 16.2. The molecule has 30 heavy (non-hydrogen) atoms. The van der Waals surface area contributed by atoms with E-state index in [1.165, 1.54) is 6.33 Å². The minimum absolute atomic E-state index is 0.0694. The molecule has 4 aromatic rings. The summed E-state index contributed by atoms with van der Waals surface area (Å²) in [5.41, 5.74) is 3.39. The van der Waals surface area contributed by atoms with Crippen LogP contribution in [0.25, 0.3) is 10.9 Å². The van der Waals surface area contributed by atoms with Crippen molar-refractivity contribution < 1.29 is 4.92 Å². The van der Waals surface area contributed by atoms with Gasteiger partial charge in [0.25, 0.3) is 0 Å². The Kier molecular flexibility index (Phi) is 5.16. The second kappa shape index (κ2) is 7.92. The lowest BCUT2D eigenvalue weighted by Crippen LogP contribution is -2.06. The molecule has 150 valence electrons. The summed E-state index contributed by atoms with van der Waals surface area (Å²) < 4.78 is 0. The van der Waals surface area contributed by atoms with Crippen molar-refractivity contribution in [3.63, 3.8) is 0 Å². The van der Waals surface area contributed by atoms with E-state index in [0.717, 1.165) is 16.6 Å². The van der Waals surface area contributed by atoms with Gasteiger partial charge in [-0.15, -0.1) is 0 Å². The van der Waals surface area contributed by atoms with Crippen LogP contribution >= 0.6 is 11.6 Å². The van der Waals surface area contributed by atoms with Crippen molar-refractivity contribution in [1.82, 2.24) is 15.0 Å². The van der Waals surface area contributed by atoms with E-state index in [9.17, 15) is 10.1 Å². The number of hydrogen-bond donors (Lipinski definition) is 2. The second-order valence-electron chi connectivity index (χ2n) is 6.72. The number of aryl methyl sites for hydroxylation is 2. The van der Waals surface area contributed by atoms with Crippen LogP contribution < -0.4 is 10.6 Å². The number of nitrogens with zero attached hydrogens (tertiary/aromatic N) is 4. The molecule has 0 fully saturated rings. The molecule has 8 nitrogen and oxygen atoms in total. The first-order valence-electron chi connectivity index (χ1n) is 9.08. The molecule has 2 aromatic heterocycles. The van der Waals surface area contributed by atoms with Crippen molar-refractivity contribution >= 4 is 51.2 Å². The molecule has 0 radical (unpaired) electrons. The molecule has 0 aliphatic rings. The number of benzene rings is 2. The smallest absolute Gasteiger partial charge is 0.334 e. The molecule has 0 atom stereocenters. The third-order valence-electron chi connectivity index (χ3n) is 4.56. The van der Waals surface area contributed by atoms with E-state index >= 15 is 0 Å². The summed E-state index contributed by atoms with van der Waals surface area (Å²) in [6.45, 7) is 3.74. The van der Waals surface area contributed by atoms with Gasteiger partial charge in [0.2, 0.25) is 11.6 Å². The van der Waals surface area contributed by atoms with Gasteiger partial charge in [-0.05, 0) is 49.7 Å². The zero-order valence-corrected chi connectivity index (χ0v) is 16.9. The number of nitrogens with one attached hydrogen (secondary N) is 2. The molecule has 2 heterocycles. The summed E-state index contributed by atoms with van der Waals surface area (Å²) in [7, 11) is 0. The van der Waals surface area contributed by atoms with Gasteiger partial charge in [-0.3, -0.25) is 15.1 Å². The highest BCUT2D eigenvalue weighted by molar-refractivity contribution is 6.30. The highest BCUT2D eigenvalue weighted by atomic mass is 35.5. The lowest BCUT2D eigenvalue weighted by atomic mass is 10.1. The van der Waals surface area contributed by atoms with Crippen molar-refractivity contribution in [3.05, 3.63) is 81.3 Å². The molecule has 0 aliphatic carbocycles. The predicted molar refractivity (Wildman–Crippen MR) is 118 cm³/mol. The van der Waals surface area contributed by atoms with E-state index in [1.54, 1.807) is 24.3 Å². The largest absolute Gasteiger partial charge is 0.353 e. The minimum Gasteiger partial charge on any atom is -0.334 e. The molecule has 0 unspecified atom stereocenters. The number of halogens is 1. The molecule has 9 heteroatoms. The van der Waals surface area contributed by atoms with E-state index in [4.69, 9.17) is 11.6 Å². The third-order valence-corrected chi connectivity index (χ3v) is 4.79. The lowest BCUT2D eigenvalue weighted by molar-refractivity contribution is -0.383. The molecule has 4 rings (SSSR count). The highest BCUT2D eigenvalue weighted by Crippen LogP contribution is 2.35. The fourth-order valence-electron chi connectivity index (χ4n) is 3.10. The Labute approximate surface area is 177 Å². The summed E-state index contributed by atoms with van der Waals surface area (Å²) in [5.74, 6) is 0.146. The summed E-state index contributed by atoms with van der Waals surface area (Å²) in [5, 5.41) is 19.5. The molecule has 0 saturated carbocycles. The van der Waals surface area contributed by atoms with Crippen LogP contribution in [0, 0.1) is 24.0 Å². The van der Waals surface area contributed by atoms with Gasteiger partial charge in [-0.1, -0.05) is 29.8 Å². The van der Waals surface area contributed by atoms with Crippen LogP contribution in [0.15, 0.2) is 54.9 Å². The summed E-state index contributed by atoms with van der Waals surface area (Å²) >= 11 is 6.00. The van der Waals surface area contributed by atoms with Gasteiger partial charge in [-0.25, -0.2) is 9.97 Å². The maximum atomic E-state index is 11.9. The quantitative estimate of drug-likeness (QED) is 0.315. The van der Waals surface area contributed by atoms with Gasteiger partial charge in [0.05, 0.1) is 16.1 Å². The van der Waals surface area contributed by atoms with Crippen molar-refractivity contribution in [1.29, 1.82) is 0 Å². The molecule has 0 bridgehead atoms. The molecular weight excluding hydrogens is 404 g/mol. The van der Waals surface area contributed by atoms with E-state index < -0.39 is 4.92 Å². The SMILES string of the molecule is Cc1ccc2cccc(Nc3ncnc(Nc4ccc(Cl)cc4C)c3[N+](=O)[O-])c2n1. The molecular formula is C21H17ClN6O2. The molecule has 0 aliphatic heterocycles. The normalized spacial score (nSPS) is 10.8. The standard InChI is InChI=1S/C21H17ClN6O2/c1-12-10-15(22)8-9-16(12)26-20-19(28(29)30)21(24-11-23-20)27-17-5-3-4-14-7-6-13(2)25-18(14)17/h3-11H,1-2H3,(H2,23,24,26,27). The lowest BCUT2D eigenvalue weighted by Gasteiger charge is -2.13. The van der Waals surface area contributed by atoms with Crippen molar-refractivity contribution in [2.45, 2.75) is 13.8 Å². The van der Waals surface area contributed by atoms with Crippen LogP contribution in [0.1, 0.15) is 11.3 Å². The van der Waals surface area contributed by atoms with Crippen LogP contribution in [0.3, 0.4) is 0 Å². The van der Waals surface area contributed by atoms with Crippen LogP contribution in [-0.2, 0) is 0 Å². The fraction of sp³-hybridized carbons (Fsp3) is 0.0952. The van der Waals surface area contributed by atoms with Gasteiger partial charge < -0.3 is 10.6 Å². The van der Waals surface area contributed by atoms with Crippen molar-refractivity contribution in [2.24, 2.45) is 0 Å². The number of anilines is 4. The Morgan fingerprint density at radius 1 is 0.967 bits per heavy atom. The Morgan fingerprint density at radius 3 is 2.40 bits per heavy atom. The van der Waals surface area contributed by atoms with Crippen LogP contribution in [0.5, 0.6) is 0 Å². The zero-order chi connectivity index (χ0) is 21.3. The first-order valence-corrected chi connectivity index (χ1v) is 9.46. The van der Waals surface area contributed by atoms with Gasteiger partial charge in [0.1, 0.15) is 6.33 Å². The first kappa shape index (κ1) is 19.5. The summed E-state index contributed by atoms with van der Waals surface area (Å²) in [6, 6.07) is 14.7. The Morgan fingerprint density at radius 2 is 1.70 bits per heavy atom. The molecule has 0 spiro atoms. The Bertz CT molecular complexity index is 1280. The van der Waals surface area contributed by atoms with Crippen LogP contribution in [0.4, 0.5) is 28.7 Å². The molecule has 2 N–H and O–H groups in total. The minimum atomic E-state index is -0.514. The van der Waals surface area contributed by atoms with E-state index in [2.05, 4.69) is 25.6 Å². The Balaban J connectivity index is 1.77. The van der Waals surface area contributed by atoms with E-state index in [0.29, 0.717) is 21.9 Å². The third kappa shape index (κ3) is 3.85. The number of aromatic nitrogens is 3. The molecule has 0 saturated heterocycles. The number of para-hydroxylation sites is 1. The number of fused-ring (bicyclic) bond motifs is 1. The number of nitro groups is 1. The highest BCUT2D eigenvalue weighted by Gasteiger charge is 2.24. The topological polar surface area (TPSA) is 106 Å². The van der Waals surface area contributed by atoms with Gasteiger partial charge in [0.15, 0.2) is 0 Å². The molecule has 0 amide bonds. The van der Waals surface area contributed by atoms with Crippen LogP contribution in [0.2, 0.25) is 5.02 Å². The maximum Gasteiger partial charge on any atom is 0.353 e. The number of rotatable bonds is 5. The summed E-state index contributed by atoms with van der Waals surface area (Å²) in [4.78, 5) is 24.1. The van der Waals surface area contributed by atoms with E-state index in [-0.39, 0.29) is 17.3 Å². The maximum absolute atomic E-state index is 11.9. The average Bonchev–Trinajstić information content (AvgIpc) is 2.70. The fourth-order valence-corrected chi connectivity index (χ4v) is 3.33. The van der Waals surface area contributed by atoms with Gasteiger partial charge in [0, 0.05) is 21.8 Å².